The Morgan fingerprint density at radius 3 is 2.59 bits per heavy atom. The SMILES string of the molecule is CCN(C(=O)C(C)N1CCC(N)C(C)(C)C1)c1ccccc1. The van der Waals surface area contributed by atoms with E-state index in [1.54, 1.807) is 0 Å². The van der Waals surface area contributed by atoms with E-state index in [1.807, 2.05) is 49.1 Å². The van der Waals surface area contributed by atoms with Gasteiger partial charge in [-0.15, -0.1) is 0 Å². The number of nitrogens with two attached hydrogens (primary N) is 1. The highest BCUT2D eigenvalue weighted by molar-refractivity contribution is 5.96. The predicted molar refractivity (Wildman–Crippen MR) is 91.9 cm³/mol. The van der Waals surface area contributed by atoms with E-state index in [2.05, 4.69) is 18.7 Å². The second kappa shape index (κ2) is 6.80. The number of likely N-dealkylation sites (N-methyl/N-ethyl adjacent to an activating group) is 1. The fourth-order valence-electron chi connectivity index (χ4n) is 3.20. The van der Waals surface area contributed by atoms with Gasteiger partial charge in [-0.3, -0.25) is 9.69 Å². The standard InChI is InChI=1S/C18H29N3O/c1-5-21(15-9-7-6-8-10-15)17(22)14(2)20-12-11-16(19)18(3,4)13-20/h6-10,14,16H,5,11-13,19H2,1-4H3. The zero-order chi connectivity index (χ0) is 16.3. The molecule has 2 N–H and O–H groups in total. The predicted octanol–water partition coefficient (Wildman–Crippen LogP) is 2.49. The zero-order valence-corrected chi connectivity index (χ0v) is 14.2. The second-order valence-electron chi connectivity index (χ2n) is 6.95. The van der Waals surface area contributed by atoms with Crippen LogP contribution in [0.4, 0.5) is 5.69 Å². The van der Waals surface area contributed by atoms with Crippen LogP contribution >= 0.6 is 0 Å². The van der Waals surface area contributed by atoms with Gasteiger partial charge in [-0.25, -0.2) is 0 Å². The molecule has 1 aliphatic heterocycles. The Morgan fingerprint density at radius 2 is 2.05 bits per heavy atom. The van der Waals surface area contributed by atoms with Crippen LogP contribution in [0.1, 0.15) is 34.1 Å². The molecule has 0 radical (unpaired) electrons. The zero-order valence-electron chi connectivity index (χ0n) is 14.2. The summed E-state index contributed by atoms with van der Waals surface area (Å²) in [6.45, 7) is 10.9. The number of hydrogen-bond donors (Lipinski definition) is 1. The van der Waals surface area contributed by atoms with E-state index in [4.69, 9.17) is 5.73 Å². The first kappa shape index (κ1) is 17.0. The van der Waals surface area contributed by atoms with Crippen LogP contribution in [0.2, 0.25) is 0 Å². The minimum Gasteiger partial charge on any atom is -0.327 e. The number of piperidine rings is 1. The molecular formula is C18H29N3O. The Balaban J connectivity index is 2.11. The van der Waals surface area contributed by atoms with Crippen molar-refractivity contribution < 1.29 is 4.79 Å². The van der Waals surface area contributed by atoms with Crippen LogP contribution in [0.5, 0.6) is 0 Å². The van der Waals surface area contributed by atoms with Gasteiger partial charge >= 0.3 is 0 Å². The van der Waals surface area contributed by atoms with E-state index in [-0.39, 0.29) is 23.4 Å². The van der Waals surface area contributed by atoms with Gasteiger partial charge in [0.2, 0.25) is 5.91 Å². The molecule has 1 fully saturated rings. The second-order valence-corrected chi connectivity index (χ2v) is 6.95. The third-order valence-electron chi connectivity index (χ3n) is 4.90. The Bertz CT molecular complexity index is 500. The number of carbonyl (C=O) groups excluding carboxylic acids is 1. The van der Waals surface area contributed by atoms with Crippen molar-refractivity contribution in [2.24, 2.45) is 11.1 Å². The topological polar surface area (TPSA) is 49.6 Å². The molecular weight excluding hydrogens is 274 g/mol. The minimum atomic E-state index is -0.119. The molecule has 2 rings (SSSR count). The van der Waals surface area contributed by atoms with Gasteiger partial charge in [0, 0.05) is 31.4 Å². The normalized spacial score (nSPS) is 23.0. The number of benzene rings is 1. The smallest absolute Gasteiger partial charge is 0.244 e. The lowest BCUT2D eigenvalue weighted by atomic mass is 9.79. The summed E-state index contributed by atoms with van der Waals surface area (Å²) in [4.78, 5) is 17.1. The van der Waals surface area contributed by atoms with Gasteiger partial charge < -0.3 is 10.6 Å². The summed E-state index contributed by atoms with van der Waals surface area (Å²) in [6.07, 6.45) is 0.947. The van der Waals surface area contributed by atoms with Crippen molar-refractivity contribution >= 4 is 11.6 Å². The van der Waals surface area contributed by atoms with Gasteiger partial charge in [0.25, 0.3) is 0 Å². The van der Waals surface area contributed by atoms with Crippen molar-refractivity contribution in [1.29, 1.82) is 0 Å². The van der Waals surface area contributed by atoms with Gasteiger partial charge in [-0.1, -0.05) is 32.0 Å². The number of hydrogen-bond acceptors (Lipinski definition) is 3. The summed E-state index contributed by atoms with van der Waals surface area (Å²) in [6, 6.07) is 9.99. The first-order chi connectivity index (χ1) is 10.4. The number of anilines is 1. The van der Waals surface area contributed by atoms with E-state index in [9.17, 15) is 4.79 Å². The van der Waals surface area contributed by atoms with Crippen LogP contribution in [0.15, 0.2) is 30.3 Å². The van der Waals surface area contributed by atoms with Crippen LogP contribution in [-0.4, -0.2) is 42.5 Å². The van der Waals surface area contributed by atoms with E-state index >= 15 is 0 Å². The van der Waals surface area contributed by atoms with Crippen LogP contribution in [0.3, 0.4) is 0 Å². The number of para-hydroxylation sites is 1. The fourth-order valence-corrected chi connectivity index (χ4v) is 3.20. The van der Waals surface area contributed by atoms with Crippen molar-refractivity contribution in [2.45, 2.75) is 46.2 Å². The highest BCUT2D eigenvalue weighted by Crippen LogP contribution is 2.29. The first-order valence-corrected chi connectivity index (χ1v) is 8.23. The largest absolute Gasteiger partial charge is 0.327 e. The molecule has 0 saturated carbocycles. The molecule has 1 heterocycles. The van der Waals surface area contributed by atoms with Crippen molar-refractivity contribution in [3.63, 3.8) is 0 Å². The van der Waals surface area contributed by atoms with Gasteiger partial charge in [0.1, 0.15) is 0 Å². The number of likely N-dealkylation sites (tertiary alicyclic amines) is 1. The van der Waals surface area contributed by atoms with E-state index in [0.717, 1.165) is 25.2 Å². The molecule has 0 bridgehead atoms. The van der Waals surface area contributed by atoms with E-state index < -0.39 is 0 Å². The molecule has 1 aromatic rings. The Labute approximate surface area is 134 Å². The highest BCUT2D eigenvalue weighted by atomic mass is 16.2. The van der Waals surface area contributed by atoms with Crippen LogP contribution in [-0.2, 0) is 4.79 Å². The molecule has 1 aromatic carbocycles. The summed E-state index contributed by atoms with van der Waals surface area (Å²) >= 11 is 0. The molecule has 1 amide bonds. The average molecular weight is 303 g/mol. The number of nitrogens with zero attached hydrogens (tertiary/aromatic N) is 2. The Morgan fingerprint density at radius 1 is 1.41 bits per heavy atom. The van der Waals surface area contributed by atoms with Crippen molar-refractivity contribution in [3.05, 3.63) is 30.3 Å². The van der Waals surface area contributed by atoms with Gasteiger partial charge in [-0.2, -0.15) is 0 Å². The summed E-state index contributed by atoms with van der Waals surface area (Å²) in [7, 11) is 0. The van der Waals surface area contributed by atoms with Crippen molar-refractivity contribution in [1.82, 2.24) is 4.90 Å². The molecule has 22 heavy (non-hydrogen) atoms. The van der Waals surface area contributed by atoms with Crippen LogP contribution in [0, 0.1) is 5.41 Å². The number of amides is 1. The van der Waals surface area contributed by atoms with Crippen LogP contribution in [0.25, 0.3) is 0 Å². The molecule has 0 aromatic heterocycles. The molecule has 2 atom stereocenters. The fraction of sp³-hybridized carbons (Fsp3) is 0.611. The Hall–Kier alpha value is -1.39. The van der Waals surface area contributed by atoms with Crippen molar-refractivity contribution in [2.75, 3.05) is 24.5 Å². The molecule has 2 unspecified atom stereocenters. The molecule has 0 aliphatic carbocycles. The average Bonchev–Trinajstić information content (AvgIpc) is 2.51. The number of rotatable bonds is 4. The summed E-state index contributed by atoms with van der Waals surface area (Å²) in [5.74, 6) is 0.167. The lowest BCUT2D eigenvalue weighted by Crippen LogP contribution is -2.57. The Kier molecular flexibility index (Phi) is 5.24. The van der Waals surface area contributed by atoms with Crippen LogP contribution < -0.4 is 10.6 Å². The molecule has 4 heteroatoms. The van der Waals surface area contributed by atoms with E-state index in [0.29, 0.717) is 6.54 Å². The van der Waals surface area contributed by atoms with E-state index in [1.165, 1.54) is 0 Å². The summed E-state index contributed by atoms with van der Waals surface area (Å²) < 4.78 is 0. The van der Waals surface area contributed by atoms with Crippen molar-refractivity contribution in [3.8, 4) is 0 Å². The quantitative estimate of drug-likeness (QED) is 0.929. The maximum absolute atomic E-state index is 12.9. The third kappa shape index (κ3) is 3.50. The van der Waals surface area contributed by atoms with Gasteiger partial charge in [0.05, 0.1) is 6.04 Å². The van der Waals surface area contributed by atoms with Gasteiger partial charge in [0.15, 0.2) is 0 Å². The molecule has 4 nitrogen and oxygen atoms in total. The first-order valence-electron chi connectivity index (χ1n) is 8.23. The summed E-state index contributed by atoms with van der Waals surface area (Å²) in [5, 5.41) is 0. The number of carbonyl (C=O) groups is 1. The minimum absolute atomic E-state index is 0.0522. The van der Waals surface area contributed by atoms with Gasteiger partial charge in [-0.05, 0) is 37.8 Å². The molecule has 1 saturated heterocycles. The highest BCUT2D eigenvalue weighted by Gasteiger charge is 2.37. The third-order valence-corrected chi connectivity index (χ3v) is 4.90. The molecule has 122 valence electrons. The maximum Gasteiger partial charge on any atom is 0.244 e. The lowest BCUT2D eigenvalue weighted by Gasteiger charge is -2.45. The lowest BCUT2D eigenvalue weighted by molar-refractivity contribution is -0.124. The maximum atomic E-state index is 12.9. The summed E-state index contributed by atoms with van der Waals surface area (Å²) in [5.41, 5.74) is 7.23. The molecule has 1 aliphatic rings. The monoisotopic (exact) mass is 303 g/mol. The molecule has 0 spiro atoms.